The highest BCUT2D eigenvalue weighted by atomic mass is 19.4. The molecule has 0 aliphatic rings. The monoisotopic (exact) mass is 316 g/mol. The third-order valence-corrected chi connectivity index (χ3v) is 2.79. The summed E-state index contributed by atoms with van der Waals surface area (Å²) >= 11 is 0. The molecule has 0 spiro atoms. The van der Waals surface area contributed by atoms with E-state index in [4.69, 9.17) is 5.73 Å². The third-order valence-electron chi connectivity index (χ3n) is 2.79. The van der Waals surface area contributed by atoms with Gasteiger partial charge in [-0.3, -0.25) is 4.79 Å². The van der Waals surface area contributed by atoms with Crippen LogP contribution in [0.1, 0.15) is 15.9 Å². The lowest BCUT2D eigenvalue weighted by molar-refractivity contribution is -0.136. The number of nitrogen functional groups attached to an aromatic ring is 1. The first kappa shape index (κ1) is 15.7. The van der Waals surface area contributed by atoms with E-state index < -0.39 is 40.5 Å². The van der Waals surface area contributed by atoms with Crippen molar-refractivity contribution in [1.82, 2.24) is 0 Å². The minimum absolute atomic E-state index is 0.213. The number of nitrogens with two attached hydrogens (primary N) is 1. The van der Waals surface area contributed by atoms with Crippen LogP contribution in [-0.2, 0) is 6.18 Å². The van der Waals surface area contributed by atoms with Crippen molar-refractivity contribution in [3.63, 3.8) is 0 Å². The highest BCUT2D eigenvalue weighted by Crippen LogP contribution is 2.35. The molecule has 2 aromatic rings. The molecular formula is C14H9F5N2O. The van der Waals surface area contributed by atoms with Crippen molar-refractivity contribution >= 4 is 17.3 Å². The smallest absolute Gasteiger partial charge is 0.398 e. The summed E-state index contributed by atoms with van der Waals surface area (Å²) in [7, 11) is 0. The van der Waals surface area contributed by atoms with E-state index in [1.807, 2.05) is 0 Å². The normalized spacial score (nSPS) is 11.3. The lowest BCUT2D eigenvalue weighted by atomic mass is 10.1. The zero-order valence-electron chi connectivity index (χ0n) is 10.8. The van der Waals surface area contributed by atoms with Gasteiger partial charge in [0.05, 0.1) is 11.1 Å². The van der Waals surface area contributed by atoms with Crippen LogP contribution in [0.5, 0.6) is 0 Å². The van der Waals surface area contributed by atoms with Crippen LogP contribution in [0.2, 0.25) is 0 Å². The van der Waals surface area contributed by atoms with E-state index in [2.05, 4.69) is 5.32 Å². The Morgan fingerprint density at radius 2 is 1.73 bits per heavy atom. The molecular weight excluding hydrogens is 307 g/mol. The van der Waals surface area contributed by atoms with Crippen LogP contribution in [0.3, 0.4) is 0 Å². The fourth-order valence-corrected chi connectivity index (χ4v) is 1.75. The van der Waals surface area contributed by atoms with Crippen molar-refractivity contribution < 1.29 is 26.7 Å². The van der Waals surface area contributed by atoms with Gasteiger partial charge in [0.1, 0.15) is 11.6 Å². The number of rotatable bonds is 2. The summed E-state index contributed by atoms with van der Waals surface area (Å²) in [6, 6.07) is 5.00. The van der Waals surface area contributed by atoms with Gasteiger partial charge in [-0.05, 0) is 30.3 Å². The number of benzene rings is 2. The molecule has 22 heavy (non-hydrogen) atoms. The standard InChI is InChI=1S/C14H9F5N2O/c15-7-1-3-9(11(16)5-7)13(22)21-8-2-4-12(20)10(6-8)14(17,18)19/h1-6H,20H2,(H,21,22). The second-order valence-electron chi connectivity index (χ2n) is 4.38. The molecule has 0 atom stereocenters. The molecule has 3 N–H and O–H groups in total. The summed E-state index contributed by atoms with van der Waals surface area (Å²) in [4.78, 5) is 11.8. The summed E-state index contributed by atoms with van der Waals surface area (Å²) in [5.74, 6) is -3.00. The minimum atomic E-state index is -4.69. The van der Waals surface area contributed by atoms with E-state index >= 15 is 0 Å². The molecule has 116 valence electrons. The Bertz CT molecular complexity index is 728. The topological polar surface area (TPSA) is 55.1 Å². The number of hydrogen-bond acceptors (Lipinski definition) is 2. The molecule has 8 heteroatoms. The molecule has 0 bridgehead atoms. The summed E-state index contributed by atoms with van der Waals surface area (Å²) in [5.41, 5.74) is 2.90. The van der Waals surface area contributed by atoms with Gasteiger partial charge < -0.3 is 11.1 Å². The Morgan fingerprint density at radius 3 is 2.32 bits per heavy atom. The maximum Gasteiger partial charge on any atom is 0.418 e. The van der Waals surface area contributed by atoms with Crippen molar-refractivity contribution in [1.29, 1.82) is 0 Å². The SMILES string of the molecule is Nc1ccc(NC(=O)c2ccc(F)cc2F)cc1C(F)(F)F. The molecule has 2 aromatic carbocycles. The van der Waals surface area contributed by atoms with E-state index in [1.54, 1.807) is 0 Å². The van der Waals surface area contributed by atoms with Crippen LogP contribution >= 0.6 is 0 Å². The number of alkyl halides is 3. The van der Waals surface area contributed by atoms with Crippen LogP contribution < -0.4 is 11.1 Å². The van der Waals surface area contributed by atoms with E-state index in [1.165, 1.54) is 0 Å². The largest absolute Gasteiger partial charge is 0.418 e. The molecule has 0 saturated carbocycles. The number of hydrogen-bond donors (Lipinski definition) is 2. The molecule has 0 aliphatic heterocycles. The van der Waals surface area contributed by atoms with Gasteiger partial charge in [0, 0.05) is 17.4 Å². The number of amides is 1. The highest BCUT2D eigenvalue weighted by Gasteiger charge is 2.33. The maximum absolute atomic E-state index is 13.4. The van der Waals surface area contributed by atoms with Gasteiger partial charge in [0.2, 0.25) is 0 Å². The molecule has 3 nitrogen and oxygen atoms in total. The third kappa shape index (κ3) is 3.33. The van der Waals surface area contributed by atoms with Crippen molar-refractivity contribution in [2.75, 3.05) is 11.1 Å². The van der Waals surface area contributed by atoms with Crippen LogP contribution in [0.4, 0.5) is 33.3 Å². The summed E-state index contributed by atoms with van der Waals surface area (Å²) < 4.78 is 64.3. The first-order valence-electron chi connectivity index (χ1n) is 5.91. The van der Waals surface area contributed by atoms with E-state index in [9.17, 15) is 26.7 Å². The average molecular weight is 316 g/mol. The molecule has 0 fully saturated rings. The van der Waals surface area contributed by atoms with Crippen LogP contribution in [0, 0.1) is 11.6 Å². The Labute approximate surface area is 121 Å². The first-order valence-corrected chi connectivity index (χ1v) is 5.91. The van der Waals surface area contributed by atoms with Crippen LogP contribution in [-0.4, -0.2) is 5.91 Å². The second-order valence-corrected chi connectivity index (χ2v) is 4.38. The molecule has 1 amide bonds. The average Bonchev–Trinajstić information content (AvgIpc) is 2.39. The van der Waals surface area contributed by atoms with Gasteiger partial charge in [-0.1, -0.05) is 0 Å². The van der Waals surface area contributed by atoms with Gasteiger partial charge in [0.25, 0.3) is 5.91 Å². The minimum Gasteiger partial charge on any atom is -0.398 e. The van der Waals surface area contributed by atoms with E-state index in [0.29, 0.717) is 12.1 Å². The van der Waals surface area contributed by atoms with Gasteiger partial charge in [-0.15, -0.1) is 0 Å². The summed E-state index contributed by atoms with van der Waals surface area (Å²) in [6.45, 7) is 0. The lowest BCUT2D eigenvalue weighted by Crippen LogP contribution is -2.15. The molecule has 0 unspecified atom stereocenters. The maximum atomic E-state index is 13.4. The molecule has 0 saturated heterocycles. The van der Waals surface area contributed by atoms with Gasteiger partial charge in [-0.2, -0.15) is 13.2 Å². The van der Waals surface area contributed by atoms with Crippen molar-refractivity contribution in [2.24, 2.45) is 0 Å². The summed E-state index contributed by atoms with van der Waals surface area (Å²) in [5, 5.41) is 2.10. The van der Waals surface area contributed by atoms with Crippen molar-refractivity contribution in [3.8, 4) is 0 Å². The lowest BCUT2D eigenvalue weighted by Gasteiger charge is -2.12. The predicted octanol–water partition coefficient (Wildman–Crippen LogP) is 3.82. The number of nitrogens with one attached hydrogen (secondary N) is 1. The quantitative estimate of drug-likeness (QED) is 0.654. The zero-order chi connectivity index (χ0) is 16.5. The van der Waals surface area contributed by atoms with Crippen LogP contribution in [0.15, 0.2) is 36.4 Å². The Balaban J connectivity index is 2.29. The molecule has 0 aromatic heterocycles. The fraction of sp³-hybridized carbons (Fsp3) is 0.0714. The number of anilines is 2. The number of carbonyl (C=O) groups is 1. The number of carbonyl (C=O) groups excluding carboxylic acids is 1. The number of halogens is 5. The zero-order valence-corrected chi connectivity index (χ0v) is 10.8. The van der Waals surface area contributed by atoms with Crippen LogP contribution in [0.25, 0.3) is 0 Å². The Morgan fingerprint density at radius 1 is 1.05 bits per heavy atom. The molecule has 2 rings (SSSR count). The second kappa shape index (κ2) is 5.63. The van der Waals surface area contributed by atoms with Gasteiger partial charge in [-0.25, -0.2) is 8.78 Å². The Hall–Kier alpha value is -2.64. The predicted molar refractivity (Wildman–Crippen MR) is 70.2 cm³/mol. The van der Waals surface area contributed by atoms with Crippen molar-refractivity contribution in [2.45, 2.75) is 6.18 Å². The van der Waals surface area contributed by atoms with Gasteiger partial charge >= 0.3 is 6.18 Å². The molecule has 0 heterocycles. The van der Waals surface area contributed by atoms with Crippen molar-refractivity contribution in [3.05, 3.63) is 59.2 Å². The van der Waals surface area contributed by atoms with E-state index in [0.717, 1.165) is 24.3 Å². The van der Waals surface area contributed by atoms with Gasteiger partial charge in [0.15, 0.2) is 0 Å². The fourth-order valence-electron chi connectivity index (χ4n) is 1.75. The molecule has 0 radical (unpaired) electrons. The Kier molecular flexibility index (Phi) is 4.03. The van der Waals surface area contributed by atoms with E-state index in [-0.39, 0.29) is 5.69 Å². The summed E-state index contributed by atoms with van der Waals surface area (Å²) in [6.07, 6.45) is -4.69. The highest BCUT2D eigenvalue weighted by molar-refractivity contribution is 6.04. The molecule has 0 aliphatic carbocycles. The first-order chi connectivity index (χ1) is 10.2.